The number of hydrogen-bond donors (Lipinski definition) is 0. The van der Waals surface area contributed by atoms with Crippen molar-refractivity contribution in [1.29, 1.82) is 0 Å². The maximum atomic E-state index is 12.4. The van der Waals surface area contributed by atoms with E-state index in [0.29, 0.717) is 11.5 Å². The van der Waals surface area contributed by atoms with Crippen LogP contribution in [0.4, 0.5) is 0 Å². The van der Waals surface area contributed by atoms with Gasteiger partial charge in [0.05, 0.1) is 6.42 Å². The molecule has 0 spiro atoms. The highest BCUT2D eigenvalue weighted by Gasteiger charge is 2.16. The highest BCUT2D eigenvalue weighted by Crippen LogP contribution is 2.32. The van der Waals surface area contributed by atoms with E-state index < -0.39 is 0 Å². The lowest BCUT2D eigenvalue weighted by Crippen LogP contribution is -2.16. The summed E-state index contributed by atoms with van der Waals surface area (Å²) < 4.78 is 5.27. The first-order chi connectivity index (χ1) is 14.2. The van der Waals surface area contributed by atoms with Crippen molar-refractivity contribution in [3.05, 3.63) is 83.4 Å². The zero-order valence-electron chi connectivity index (χ0n) is 16.6. The Morgan fingerprint density at radius 2 is 1.55 bits per heavy atom. The van der Waals surface area contributed by atoms with Crippen LogP contribution in [-0.4, -0.2) is 18.4 Å². The molecule has 29 heavy (non-hydrogen) atoms. The average Bonchev–Trinajstić information content (AvgIpc) is 2.78. The third-order valence-corrected chi connectivity index (χ3v) is 5.89. The Balaban J connectivity index is 1.33. The monoisotopic (exact) mass is 386 g/mol. The van der Waals surface area contributed by atoms with Crippen LogP contribution in [0, 0.1) is 0 Å². The smallest absolute Gasteiger partial charge is 0.310 e. The zero-order chi connectivity index (χ0) is 20.1. The molecule has 148 valence electrons. The Morgan fingerprint density at radius 1 is 0.828 bits per heavy atom. The molecule has 1 fully saturated rings. The molecule has 0 radical (unpaired) electrons. The Morgan fingerprint density at radius 3 is 2.34 bits per heavy atom. The number of hydrogen-bond acceptors (Lipinski definition) is 3. The molecule has 3 aromatic rings. The molecule has 0 atom stereocenters. The Hall–Kier alpha value is -2.94. The molecule has 0 aromatic heterocycles. The quantitative estimate of drug-likeness (QED) is 0.394. The molecular weight excluding hydrogens is 360 g/mol. The van der Waals surface area contributed by atoms with Crippen molar-refractivity contribution in [1.82, 2.24) is 0 Å². The van der Waals surface area contributed by atoms with Gasteiger partial charge in [-0.15, -0.1) is 0 Å². The van der Waals surface area contributed by atoms with Crippen LogP contribution in [0.15, 0.2) is 66.7 Å². The molecule has 0 heterocycles. The highest BCUT2D eigenvalue weighted by molar-refractivity contribution is 5.98. The molecule has 0 saturated heterocycles. The number of ether oxygens (including phenoxy) is 1. The second-order valence-corrected chi connectivity index (χ2v) is 7.86. The van der Waals surface area contributed by atoms with E-state index in [2.05, 4.69) is 12.1 Å². The molecule has 3 heteroatoms. The summed E-state index contributed by atoms with van der Waals surface area (Å²) in [7, 11) is 0. The SMILES string of the molecule is O=C(Cc1cccc2ccccc12)OCC(=O)c1ccc(C2CCCCC2)cc1. The minimum absolute atomic E-state index is 0.161. The second kappa shape index (κ2) is 9.04. The summed E-state index contributed by atoms with van der Waals surface area (Å²) in [5, 5.41) is 2.13. The van der Waals surface area contributed by atoms with Crippen LogP contribution in [0.2, 0.25) is 0 Å². The number of fused-ring (bicyclic) bond motifs is 1. The van der Waals surface area contributed by atoms with Gasteiger partial charge >= 0.3 is 5.97 Å². The summed E-state index contributed by atoms with van der Waals surface area (Å²) in [5.41, 5.74) is 2.83. The summed E-state index contributed by atoms with van der Waals surface area (Å²) >= 11 is 0. The average molecular weight is 386 g/mol. The summed E-state index contributed by atoms with van der Waals surface area (Å²) in [5.74, 6) is 0.0754. The first-order valence-electron chi connectivity index (χ1n) is 10.5. The lowest BCUT2D eigenvalue weighted by molar-refractivity contribution is -0.141. The molecule has 1 saturated carbocycles. The van der Waals surface area contributed by atoms with Gasteiger partial charge in [0.1, 0.15) is 0 Å². The summed E-state index contributed by atoms with van der Waals surface area (Å²) in [6.07, 6.45) is 6.54. The number of carbonyl (C=O) groups excluding carboxylic acids is 2. The third-order valence-electron chi connectivity index (χ3n) is 5.89. The van der Waals surface area contributed by atoms with Gasteiger partial charge in [-0.1, -0.05) is 86.0 Å². The van der Waals surface area contributed by atoms with E-state index in [-0.39, 0.29) is 24.8 Å². The number of Topliss-reactive ketones (excluding diaryl/α,β-unsaturated/α-hetero) is 1. The number of carbonyl (C=O) groups is 2. The Kier molecular flexibility index (Phi) is 6.04. The largest absolute Gasteiger partial charge is 0.457 e. The molecule has 0 unspecified atom stereocenters. The fourth-order valence-corrected chi connectivity index (χ4v) is 4.26. The van der Waals surface area contributed by atoms with E-state index in [1.54, 1.807) is 0 Å². The van der Waals surface area contributed by atoms with Crippen molar-refractivity contribution < 1.29 is 14.3 Å². The molecule has 0 aliphatic heterocycles. The van der Waals surface area contributed by atoms with Crippen molar-refractivity contribution in [3.8, 4) is 0 Å². The van der Waals surface area contributed by atoms with Crippen LogP contribution >= 0.6 is 0 Å². The lowest BCUT2D eigenvalue weighted by atomic mass is 9.84. The first kappa shape index (κ1) is 19.4. The van der Waals surface area contributed by atoms with E-state index >= 15 is 0 Å². The van der Waals surface area contributed by atoms with Gasteiger partial charge in [-0.05, 0) is 40.7 Å². The van der Waals surface area contributed by atoms with Gasteiger partial charge in [-0.25, -0.2) is 0 Å². The molecular formula is C26H26O3. The van der Waals surface area contributed by atoms with Crippen LogP contribution in [-0.2, 0) is 16.0 Å². The van der Waals surface area contributed by atoms with Crippen LogP contribution in [0.3, 0.4) is 0 Å². The van der Waals surface area contributed by atoms with Gasteiger partial charge in [0.2, 0.25) is 0 Å². The Labute approximate surface area is 171 Å². The topological polar surface area (TPSA) is 43.4 Å². The molecule has 1 aliphatic rings. The fraction of sp³-hybridized carbons (Fsp3) is 0.308. The Bertz CT molecular complexity index is 993. The van der Waals surface area contributed by atoms with Gasteiger partial charge in [-0.3, -0.25) is 9.59 Å². The molecule has 3 nitrogen and oxygen atoms in total. The first-order valence-corrected chi connectivity index (χ1v) is 10.5. The van der Waals surface area contributed by atoms with E-state index in [4.69, 9.17) is 4.74 Å². The summed E-state index contributed by atoms with van der Waals surface area (Å²) in [6, 6.07) is 21.7. The van der Waals surface area contributed by atoms with E-state index in [1.807, 2.05) is 54.6 Å². The minimum atomic E-state index is -0.381. The maximum absolute atomic E-state index is 12.4. The normalized spacial score (nSPS) is 14.6. The predicted octanol–water partition coefficient (Wildman–Crippen LogP) is 5.86. The molecule has 3 aromatic carbocycles. The maximum Gasteiger partial charge on any atom is 0.310 e. The lowest BCUT2D eigenvalue weighted by Gasteiger charge is -2.22. The minimum Gasteiger partial charge on any atom is -0.457 e. The van der Waals surface area contributed by atoms with E-state index in [9.17, 15) is 9.59 Å². The molecule has 0 bridgehead atoms. The van der Waals surface area contributed by atoms with E-state index in [1.165, 1.54) is 37.7 Å². The van der Waals surface area contributed by atoms with E-state index in [0.717, 1.165) is 16.3 Å². The highest BCUT2D eigenvalue weighted by atomic mass is 16.5. The molecule has 4 rings (SSSR count). The number of ketones is 1. The standard InChI is InChI=1S/C26H26O3/c27-25(22-15-13-20(14-16-22)19-7-2-1-3-8-19)18-29-26(28)17-23-11-6-10-21-9-4-5-12-24(21)23/h4-6,9-16,19H,1-3,7-8,17-18H2. The number of esters is 1. The van der Waals surface area contributed by atoms with Gasteiger partial charge < -0.3 is 4.74 Å². The number of benzene rings is 3. The third kappa shape index (κ3) is 4.73. The molecule has 0 N–H and O–H groups in total. The number of rotatable bonds is 6. The van der Waals surface area contributed by atoms with Crippen LogP contribution in [0.1, 0.15) is 59.5 Å². The summed E-state index contributed by atoms with van der Waals surface area (Å²) in [4.78, 5) is 24.7. The van der Waals surface area contributed by atoms with Crippen molar-refractivity contribution in [2.24, 2.45) is 0 Å². The van der Waals surface area contributed by atoms with Crippen molar-refractivity contribution in [2.75, 3.05) is 6.61 Å². The van der Waals surface area contributed by atoms with Crippen molar-refractivity contribution in [2.45, 2.75) is 44.4 Å². The van der Waals surface area contributed by atoms with Gasteiger partial charge in [0.15, 0.2) is 12.4 Å². The van der Waals surface area contributed by atoms with Gasteiger partial charge in [0, 0.05) is 5.56 Å². The molecule has 1 aliphatic carbocycles. The zero-order valence-corrected chi connectivity index (χ0v) is 16.6. The fourth-order valence-electron chi connectivity index (χ4n) is 4.26. The van der Waals surface area contributed by atoms with Crippen LogP contribution < -0.4 is 0 Å². The van der Waals surface area contributed by atoms with Crippen molar-refractivity contribution >= 4 is 22.5 Å². The second-order valence-electron chi connectivity index (χ2n) is 7.86. The van der Waals surface area contributed by atoms with Crippen molar-refractivity contribution in [3.63, 3.8) is 0 Å². The van der Waals surface area contributed by atoms with Crippen LogP contribution in [0.25, 0.3) is 10.8 Å². The molecule has 0 amide bonds. The van der Waals surface area contributed by atoms with Gasteiger partial charge in [0.25, 0.3) is 0 Å². The predicted molar refractivity (Wildman–Crippen MR) is 115 cm³/mol. The summed E-state index contributed by atoms with van der Waals surface area (Å²) in [6.45, 7) is -0.216. The van der Waals surface area contributed by atoms with Crippen LogP contribution in [0.5, 0.6) is 0 Å². The van der Waals surface area contributed by atoms with Gasteiger partial charge in [-0.2, -0.15) is 0 Å².